The van der Waals surface area contributed by atoms with E-state index in [1.165, 1.54) is 16.7 Å². The van der Waals surface area contributed by atoms with Crippen LogP contribution in [0.5, 0.6) is 0 Å². The zero-order valence-corrected chi connectivity index (χ0v) is 10.8. The van der Waals surface area contributed by atoms with Crippen LogP contribution in [0.1, 0.15) is 22.3 Å². The first kappa shape index (κ1) is 13.5. The van der Waals surface area contributed by atoms with Gasteiger partial charge in [-0.25, -0.2) is 0 Å². The van der Waals surface area contributed by atoms with Crippen molar-refractivity contribution in [2.75, 3.05) is 13.1 Å². The Hall–Kier alpha value is -1.59. The Kier molecular flexibility index (Phi) is 4.93. The second kappa shape index (κ2) is 6.22. The van der Waals surface area contributed by atoms with Gasteiger partial charge in [0, 0.05) is 6.42 Å². The summed E-state index contributed by atoms with van der Waals surface area (Å²) in [6.45, 7) is 6.96. The van der Waals surface area contributed by atoms with Gasteiger partial charge in [-0.3, -0.25) is 10.1 Å². The molecule has 1 aromatic rings. The van der Waals surface area contributed by atoms with Crippen molar-refractivity contribution in [2.45, 2.75) is 27.2 Å². The van der Waals surface area contributed by atoms with Gasteiger partial charge in [-0.15, -0.1) is 6.42 Å². The summed E-state index contributed by atoms with van der Waals surface area (Å²) in [6, 6.07) is 4.23. The number of terminal acetylenes is 1. The Labute approximate surface area is 103 Å². The molecule has 1 N–H and O–H groups in total. The van der Waals surface area contributed by atoms with Gasteiger partial charge in [0.25, 0.3) is 0 Å². The number of hydrogen-bond acceptors (Lipinski definition) is 2. The lowest BCUT2D eigenvalue weighted by Gasteiger charge is -2.10. The number of ketones is 1. The predicted octanol–water partition coefficient (Wildman–Crippen LogP) is 1.95. The van der Waals surface area contributed by atoms with Crippen molar-refractivity contribution in [3.63, 3.8) is 0 Å². The van der Waals surface area contributed by atoms with Gasteiger partial charge in [0.1, 0.15) is 0 Å². The van der Waals surface area contributed by atoms with E-state index >= 15 is 0 Å². The maximum atomic E-state index is 11.7. The third-order valence-corrected chi connectivity index (χ3v) is 2.76. The van der Waals surface area contributed by atoms with Crippen LogP contribution in [-0.4, -0.2) is 18.9 Å². The molecule has 0 radical (unpaired) electrons. The summed E-state index contributed by atoms with van der Waals surface area (Å²) in [5.74, 6) is 2.63. The number of benzene rings is 1. The highest BCUT2D eigenvalue weighted by Crippen LogP contribution is 2.16. The van der Waals surface area contributed by atoms with E-state index in [9.17, 15) is 4.79 Å². The molecule has 0 saturated carbocycles. The lowest BCUT2D eigenvalue weighted by Crippen LogP contribution is -2.24. The fraction of sp³-hybridized carbons (Fsp3) is 0.400. The van der Waals surface area contributed by atoms with Crippen LogP contribution in [0.4, 0.5) is 0 Å². The molecule has 0 atom stereocenters. The molecular formula is C15H19NO. The van der Waals surface area contributed by atoms with Crippen molar-refractivity contribution in [3.8, 4) is 12.3 Å². The van der Waals surface area contributed by atoms with Crippen molar-refractivity contribution in [1.82, 2.24) is 5.32 Å². The van der Waals surface area contributed by atoms with Crippen LogP contribution in [0.25, 0.3) is 0 Å². The molecule has 1 rings (SSSR count). The molecule has 0 heterocycles. The minimum Gasteiger partial charge on any atom is -0.299 e. The fourth-order valence-electron chi connectivity index (χ4n) is 2.02. The van der Waals surface area contributed by atoms with Gasteiger partial charge in [-0.2, -0.15) is 0 Å². The average molecular weight is 229 g/mol. The fourth-order valence-corrected chi connectivity index (χ4v) is 2.02. The molecule has 0 unspecified atom stereocenters. The first-order chi connectivity index (χ1) is 8.04. The topological polar surface area (TPSA) is 29.1 Å². The molecular weight excluding hydrogens is 210 g/mol. The molecule has 0 bridgehead atoms. The summed E-state index contributed by atoms with van der Waals surface area (Å²) in [5, 5.41) is 2.92. The summed E-state index contributed by atoms with van der Waals surface area (Å²) < 4.78 is 0. The van der Waals surface area contributed by atoms with Gasteiger partial charge >= 0.3 is 0 Å². The van der Waals surface area contributed by atoms with E-state index in [1.54, 1.807) is 0 Å². The second-order valence-corrected chi connectivity index (χ2v) is 4.40. The monoisotopic (exact) mass is 229 g/mol. The Morgan fingerprint density at radius 2 is 1.88 bits per heavy atom. The normalized spacial score (nSPS) is 10.0. The number of aryl methyl sites for hydroxylation is 3. The van der Waals surface area contributed by atoms with Crippen molar-refractivity contribution in [2.24, 2.45) is 0 Å². The number of rotatable bonds is 5. The average Bonchev–Trinajstić information content (AvgIpc) is 2.24. The van der Waals surface area contributed by atoms with Crippen molar-refractivity contribution in [1.29, 1.82) is 0 Å². The molecule has 2 heteroatoms. The third kappa shape index (κ3) is 4.05. The maximum absolute atomic E-state index is 11.7. The highest BCUT2D eigenvalue weighted by Gasteiger charge is 2.08. The van der Waals surface area contributed by atoms with E-state index in [1.807, 2.05) is 0 Å². The molecule has 0 fully saturated rings. The maximum Gasteiger partial charge on any atom is 0.151 e. The Morgan fingerprint density at radius 3 is 2.41 bits per heavy atom. The molecule has 0 saturated heterocycles. The van der Waals surface area contributed by atoms with Gasteiger partial charge in [0.05, 0.1) is 13.1 Å². The summed E-state index contributed by atoms with van der Waals surface area (Å²) in [5.41, 5.74) is 4.75. The van der Waals surface area contributed by atoms with Crippen LogP contribution in [0.15, 0.2) is 12.1 Å². The molecule has 1 aromatic carbocycles. The van der Waals surface area contributed by atoms with Crippen LogP contribution in [0.2, 0.25) is 0 Å². The minimum absolute atomic E-state index is 0.176. The lowest BCUT2D eigenvalue weighted by molar-refractivity contribution is -0.117. The number of nitrogens with one attached hydrogen (secondary N) is 1. The zero-order valence-electron chi connectivity index (χ0n) is 10.8. The van der Waals surface area contributed by atoms with Gasteiger partial charge in [-0.05, 0) is 37.5 Å². The van der Waals surface area contributed by atoms with Crippen LogP contribution >= 0.6 is 0 Å². The Balaban J connectivity index is 2.69. The summed E-state index contributed by atoms with van der Waals surface area (Å²) in [6.07, 6.45) is 5.59. The van der Waals surface area contributed by atoms with E-state index in [2.05, 4.69) is 44.1 Å². The van der Waals surface area contributed by atoms with Crippen LogP contribution in [0, 0.1) is 33.1 Å². The molecule has 0 amide bonds. The summed E-state index contributed by atoms with van der Waals surface area (Å²) in [4.78, 5) is 11.7. The highest BCUT2D eigenvalue weighted by molar-refractivity contribution is 5.83. The second-order valence-electron chi connectivity index (χ2n) is 4.40. The third-order valence-electron chi connectivity index (χ3n) is 2.76. The standard InChI is InChI=1S/C15H19NO/c1-5-6-16-10-14(17)9-15-12(3)7-11(2)8-13(15)4/h1,7-8,16H,6,9-10H2,2-4H3. The zero-order chi connectivity index (χ0) is 12.8. The van der Waals surface area contributed by atoms with E-state index in [4.69, 9.17) is 6.42 Å². The van der Waals surface area contributed by atoms with Crippen LogP contribution in [-0.2, 0) is 11.2 Å². The number of carbonyl (C=O) groups is 1. The molecule has 90 valence electrons. The molecule has 0 aromatic heterocycles. The highest BCUT2D eigenvalue weighted by atomic mass is 16.1. The Morgan fingerprint density at radius 1 is 1.29 bits per heavy atom. The summed E-state index contributed by atoms with van der Waals surface area (Å²) >= 11 is 0. The largest absolute Gasteiger partial charge is 0.299 e. The van der Waals surface area contributed by atoms with Crippen molar-refractivity contribution < 1.29 is 4.79 Å². The van der Waals surface area contributed by atoms with Gasteiger partial charge in [0.15, 0.2) is 5.78 Å². The van der Waals surface area contributed by atoms with E-state index < -0.39 is 0 Å². The summed E-state index contributed by atoms with van der Waals surface area (Å²) in [7, 11) is 0. The number of Topliss-reactive ketones (excluding diaryl/α,β-unsaturated/α-hetero) is 1. The van der Waals surface area contributed by atoms with Gasteiger partial charge < -0.3 is 0 Å². The number of carbonyl (C=O) groups excluding carboxylic acids is 1. The van der Waals surface area contributed by atoms with Gasteiger partial charge in [-0.1, -0.05) is 23.6 Å². The quantitative estimate of drug-likeness (QED) is 0.617. The lowest BCUT2D eigenvalue weighted by atomic mass is 9.96. The van der Waals surface area contributed by atoms with E-state index in [0.717, 1.165) is 5.56 Å². The van der Waals surface area contributed by atoms with Crippen molar-refractivity contribution >= 4 is 5.78 Å². The van der Waals surface area contributed by atoms with Crippen LogP contribution in [0.3, 0.4) is 0 Å². The predicted molar refractivity (Wildman–Crippen MR) is 71.1 cm³/mol. The smallest absolute Gasteiger partial charge is 0.151 e. The minimum atomic E-state index is 0.176. The van der Waals surface area contributed by atoms with Gasteiger partial charge in [0.2, 0.25) is 0 Å². The van der Waals surface area contributed by atoms with E-state index in [0.29, 0.717) is 19.5 Å². The van der Waals surface area contributed by atoms with Crippen LogP contribution < -0.4 is 5.32 Å². The SMILES string of the molecule is C#CCNCC(=O)Cc1c(C)cc(C)cc1C. The molecule has 17 heavy (non-hydrogen) atoms. The molecule has 2 nitrogen and oxygen atoms in total. The molecule has 0 aliphatic heterocycles. The molecule has 0 aliphatic carbocycles. The Bertz CT molecular complexity index is 431. The first-order valence-corrected chi connectivity index (χ1v) is 5.77. The van der Waals surface area contributed by atoms with E-state index in [-0.39, 0.29) is 5.78 Å². The van der Waals surface area contributed by atoms with Crippen molar-refractivity contribution in [3.05, 3.63) is 34.4 Å². The first-order valence-electron chi connectivity index (χ1n) is 5.77. The molecule has 0 spiro atoms. The number of hydrogen-bond donors (Lipinski definition) is 1. The molecule has 0 aliphatic rings.